The Hall–Kier alpha value is -2.96. The number of hydrogen-bond acceptors (Lipinski definition) is 5. The molecular weight excluding hydrogens is 354 g/mol. The lowest BCUT2D eigenvalue weighted by Crippen LogP contribution is -2.49. The highest BCUT2D eigenvalue weighted by molar-refractivity contribution is 6.04. The Balaban J connectivity index is 1.46. The second-order valence-corrected chi connectivity index (χ2v) is 7.22. The molecule has 3 heterocycles. The predicted molar refractivity (Wildman–Crippen MR) is 106 cm³/mol. The zero-order chi connectivity index (χ0) is 19.3. The smallest absolute Gasteiger partial charge is 0.275 e. The maximum absolute atomic E-state index is 13.1. The monoisotopic (exact) mass is 379 g/mol. The average molecular weight is 379 g/mol. The summed E-state index contributed by atoms with van der Waals surface area (Å²) in [6.07, 6.45) is 6.11. The number of piperazine rings is 1. The summed E-state index contributed by atoms with van der Waals surface area (Å²) < 4.78 is 0. The molecule has 7 nitrogen and oxygen atoms in total. The minimum atomic E-state index is -0.207. The molecule has 1 aromatic carbocycles. The molecule has 0 radical (unpaired) electrons. The molecule has 0 atom stereocenters. The van der Waals surface area contributed by atoms with Crippen LogP contribution in [-0.4, -0.2) is 70.9 Å². The van der Waals surface area contributed by atoms with E-state index in [9.17, 15) is 9.59 Å². The van der Waals surface area contributed by atoms with E-state index in [1.54, 1.807) is 9.80 Å². The molecule has 2 aliphatic heterocycles. The van der Waals surface area contributed by atoms with E-state index in [0.717, 1.165) is 51.1 Å². The van der Waals surface area contributed by atoms with E-state index in [1.165, 1.54) is 12.4 Å². The quantitative estimate of drug-likeness (QED) is 0.817. The van der Waals surface area contributed by atoms with Gasteiger partial charge >= 0.3 is 0 Å². The van der Waals surface area contributed by atoms with Crippen molar-refractivity contribution in [1.82, 2.24) is 19.8 Å². The van der Waals surface area contributed by atoms with Crippen molar-refractivity contribution in [2.45, 2.75) is 19.3 Å². The van der Waals surface area contributed by atoms with E-state index in [0.29, 0.717) is 13.1 Å². The lowest BCUT2D eigenvalue weighted by atomic mass is 10.1. The van der Waals surface area contributed by atoms with Crippen molar-refractivity contribution < 1.29 is 9.59 Å². The molecule has 0 aliphatic carbocycles. The number of benzene rings is 1. The Labute approximate surface area is 165 Å². The van der Waals surface area contributed by atoms with Crippen molar-refractivity contribution in [3.8, 4) is 0 Å². The Morgan fingerprint density at radius 1 is 0.679 bits per heavy atom. The summed E-state index contributed by atoms with van der Waals surface area (Å²) >= 11 is 0. The fourth-order valence-corrected chi connectivity index (χ4v) is 3.85. The van der Waals surface area contributed by atoms with Crippen LogP contribution >= 0.6 is 0 Å². The standard InChI is InChI=1S/C21H25N5O2/c27-20(25-11-5-2-6-12-25)18-19(23-10-9-22-18)21(28)26-15-13-24(14-16-26)17-7-3-1-4-8-17/h1,3-4,7-10H,2,5-6,11-16H2. The van der Waals surface area contributed by atoms with Crippen molar-refractivity contribution >= 4 is 17.5 Å². The zero-order valence-electron chi connectivity index (χ0n) is 16.0. The van der Waals surface area contributed by atoms with E-state index in [-0.39, 0.29) is 23.2 Å². The molecule has 0 N–H and O–H groups in total. The van der Waals surface area contributed by atoms with E-state index in [4.69, 9.17) is 0 Å². The number of para-hydroxylation sites is 1. The van der Waals surface area contributed by atoms with Crippen LogP contribution in [0.15, 0.2) is 42.7 Å². The molecule has 0 unspecified atom stereocenters. The number of amides is 2. The fourth-order valence-electron chi connectivity index (χ4n) is 3.85. The molecule has 2 amide bonds. The van der Waals surface area contributed by atoms with Crippen LogP contribution in [0.5, 0.6) is 0 Å². The highest BCUT2D eigenvalue weighted by Crippen LogP contribution is 2.18. The number of rotatable bonds is 3. The van der Waals surface area contributed by atoms with Crippen LogP contribution in [0.1, 0.15) is 40.2 Å². The van der Waals surface area contributed by atoms with Gasteiger partial charge in [-0.25, -0.2) is 9.97 Å². The average Bonchev–Trinajstić information content (AvgIpc) is 2.79. The van der Waals surface area contributed by atoms with Gasteiger partial charge in [-0.3, -0.25) is 9.59 Å². The Morgan fingerprint density at radius 2 is 1.21 bits per heavy atom. The lowest BCUT2D eigenvalue weighted by Gasteiger charge is -2.36. The summed E-state index contributed by atoms with van der Waals surface area (Å²) in [7, 11) is 0. The van der Waals surface area contributed by atoms with Gasteiger partial charge in [0, 0.05) is 57.3 Å². The SMILES string of the molecule is O=C(c1nccnc1C(=O)N1CCN(c2ccccc2)CC1)N1CCCCC1. The number of piperidine rings is 1. The zero-order valence-corrected chi connectivity index (χ0v) is 16.0. The first kappa shape index (κ1) is 18.4. The minimum absolute atomic E-state index is 0.172. The van der Waals surface area contributed by atoms with Gasteiger partial charge in [0.1, 0.15) is 0 Å². The molecule has 0 bridgehead atoms. The summed E-state index contributed by atoms with van der Waals surface area (Å²) in [6.45, 7) is 4.15. The van der Waals surface area contributed by atoms with Gasteiger partial charge in [-0.2, -0.15) is 0 Å². The molecule has 2 aliphatic rings. The molecule has 2 saturated heterocycles. The van der Waals surface area contributed by atoms with Crippen LogP contribution < -0.4 is 4.90 Å². The van der Waals surface area contributed by atoms with Crippen LogP contribution in [0.3, 0.4) is 0 Å². The Morgan fingerprint density at radius 3 is 1.79 bits per heavy atom. The first-order valence-corrected chi connectivity index (χ1v) is 9.93. The van der Waals surface area contributed by atoms with Gasteiger partial charge in [0.2, 0.25) is 0 Å². The van der Waals surface area contributed by atoms with Gasteiger partial charge in [0.15, 0.2) is 11.4 Å². The summed E-state index contributed by atoms with van der Waals surface area (Å²) in [6, 6.07) is 10.2. The molecule has 28 heavy (non-hydrogen) atoms. The normalized spacial score (nSPS) is 17.5. The molecule has 0 spiro atoms. The fraction of sp³-hybridized carbons (Fsp3) is 0.429. The van der Waals surface area contributed by atoms with E-state index in [1.807, 2.05) is 18.2 Å². The van der Waals surface area contributed by atoms with E-state index in [2.05, 4.69) is 27.0 Å². The molecule has 4 rings (SSSR count). The predicted octanol–water partition coefficient (Wildman–Crippen LogP) is 2.07. The van der Waals surface area contributed by atoms with Crippen LogP contribution in [0.4, 0.5) is 5.69 Å². The molecule has 0 saturated carbocycles. The second kappa shape index (κ2) is 8.37. The molecule has 146 valence electrons. The maximum Gasteiger partial charge on any atom is 0.275 e. The van der Waals surface area contributed by atoms with Gasteiger partial charge in [0.05, 0.1) is 0 Å². The van der Waals surface area contributed by atoms with Crippen LogP contribution in [0, 0.1) is 0 Å². The van der Waals surface area contributed by atoms with Crippen LogP contribution in [0.25, 0.3) is 0 Å². The van der Waals surface area contributed by atoms with Gasteiger partial charge in [-0.05, 0) is 31.4 Å². The third-order valence-corrected chi connectivity index (χ3v) is 5.43. The molecule has 1 aromatic heterocycles. The summed E-state index contributed by atoms with van der Waals surface area (Å²) in [5.41, 5.74) is 1.51. The lowest BCUT2D eigenvalue weighted by molar-refractivity contribution is 0.0685. The van der Waals surface area contributed by atoms with Crippen molar-refractivity contribution in [3.05, 3.63) is 54.1 Å². The highest BCUT2D eigenvalue weighted by atomic mass is 16.2. The van der Waals surface area contributed by atoms with Gasteiger partial charge < -0.3 is 14.7 Å². The number of hydrogen-bond donors (Lipinski definition) is 0. The summed E-state index contributed by atoms with van der Waals surface area (Å²) in [5, 5.41) is 0. The Bertz CT molecular complexity index is 828. The van der Waals surface area contributed by atoms with Crippen molar-refractivity contribution in [2.24, 2.45) is 0 Å². The van der Waals surface area contributed by atoms with E-state index < -0.39 is 0 Å². The topological polar surface area (TPSA) is 69.6 Å². The second-order valence-electron chi connectivity index (χ2n) is 7.22. The van der Waals surface area contributed by atoms with Gasteiger partial charge in [0.25, 0.3) is 11.8 Å². The first-order valence-electron chi connectivity index (χ1n) is 9.93. The number of nitrogens with zero attached hydrogens (tertiary/aromatic N) is 5. The molecule has 2 fully saturated rings. The number of aromatic nitrogens is 2. The summed E-state index contributed by atoms with van der Waals surface area (Å²) in [4.78, 5) is 40.3. The third-order valence-electron chi connectivity index (χ3n) is 5.43. The first-order chi connectivity index (χ1) is 13.7. The van der Waals surface area contributed by atoms with Gasteiger partial charge in [-0.15, -0.1) is 0 Å². The largest absolute Gasteiger partial charge is 0.368 e. The summed E-state index contributed by atoms with van der Waals surface area (Å²) in [5.74, 6) is -0.389. The minimum Gasteiger partial charge on any atom is -0.368 e. The van der Waals surface area contributed by atoms with Crippen molar-refractivity contribution in [2.75, 3.05) is 44.2 Å². The number of anilines is 1. The highest BCUT2D eigenvalue weighted by Gasteiger charge is 2.29. The van der Waals surface area contributed by atoms with Crippen LogP contribution in [-0.2, 0) is 0 Å². The molecular formula is C21H25N5O2. The molecule has 7 heteroatoms. The number of carbonyl (C=O) groups is 2. The third kappa shape index (κ3) is 3.83. The Kier molecular flexibility index (Phi) is 5.50. The van der Waals surface area contributed by atoms with E-state index >= 15 is 0 Å². The molecule has 2 aromatic rings. The van der Waals surface area contributed by atoms with Crippen molar-refractivity contribution in [3.63, 3.8) is 0 Å². The number of likely N-dealkylation sites (tertiary alicyclic amines) is 1. The van der Waals surface area contributed by atoms with Crippen molar-refractivity contribution in [1.29, 1.82) is 0 Å². The number of carbonyl (C=O) groups excluding carboxylic acids is 2. The van der Waals surface area contributed by atoms with Gasteiger partial charge in [-0.1, -0.05) is 18.2 Å². The maximum atomic E-state index is 13.1. The van der Waals surface area contributed by atoms with Crippen LogP contribution in [0.2, 0.25) is 0 Å².